The van der Waals surface area contributed by atoms with Gasteiger partial charge >= 0.3 is 0 Å². The van der Waals surface area contributed by atoms with Crippen molar-refractivity contribution in [3.8, 4) is 0 Å². The van der Waals surface area contributed by atoms with Crippen LogP contribution in [-0.4, -0.2) is 19.1 Å². The summed E-state index contributed by atoms with van der Waals surface area (Å²) in [6, 6.07) is 0. The molecule has 1 nitrogen and oxygen atoms in total. The summed E-state index contributed by atoms with van der Waals surface area (Å²) in [6.45, 7) is 3.37. The molecule has 0 rings (SSSR count). The highest BCUT2D eigenvalue weighted by atomic mass is 32.2. The van der Waals surface area contributed by atoms with E-state index in [1.54, 1.807) is 0 Å². The fourth-order valence-electron chi connectivity index (χ4n) is 0.335. The highest BCUT2D eigenvalue weighted by molar-refractivity contribution is 8.14. The molecule has 0 aromatic heterocycles. The topological polar surface area (TPSA) is 12.0 Å². The van der Waals surface area contributed by atoms with Gasteiger partial charge in [-0.05, 0) is 18.9 Å². The third kappa shape index (κ3) is 6.31. The van der Waals surface area contributed by atoms with E-state index in [0.29, 0.717) is 0 Å². The molecule has 0 aliphatic heterocycles. The van der Waals surface area contributed by atoms with Gasteiger partial charge in [-0.1, -0.05) is 6.92 Å². The number of hydrogen-bond donors (Lipinski definition) is 2. The molecule has 0 atom stereocenters. The van der Waals surface area contributed by atoms with Gasteiger partial charge in [0.25, 0.3) is 0 Å². The highest BCUT2D eigenvalue weighted by Gasteiger charge is 1.80. The van der Waals surface area contributed by atoms with E-state index in [-0.39, 0.29) is 11.1 Å². The molecule has 2 heteroatoms. The molecule has 0 aromatic rings. The molecule has 0 amide bonds. The molecular weight excluding hydrogens is 106 g/mol. The van der Waals surface area contributed by atoms with Crippen LogP contribution in [0.4, 0.5) is 0 Å². The standard InChI is InChI=1S/C5H15NS/c1-4-5-6-7(2)3/h6-7H,4-5H2,1-3H3. The van der Waals surface area contributed by atoms with Crippen molar-refractivity contribution < 1.29 is 0 Å². The molecule has 0 aliphatic rings. The first-order valence-electron chi connectivity index (χ1n) is 2.68. The lowest BCUT2D eigenvalue weighted by molar-refractivity contribution is 0.876. The first-order chi connectivity index (χ1) is 3.27. The summed E-state index contributed by atoms with van der Waals surface area (Å²) >= 11 is 0.144. The van der Waals surface area contributed by atoms with Crippen molar-refractivity contribution in [3.05, 3.63) is 0 Å². The summed E-state index contributed by atoms with van der Waals surface area (Å²) in [7, 11) is 0. The Morgan fingerprint density at radius 2 is 2.00 bits per heavy atom. The zero-order valence-electron chi connectivity index (χ0n) is 5.36. The molecule has 0 fully saturated rings. The fourth-order valence-corrected chi connectivity index (χ4v) is 1.01. The third-order valence-electron chi connectivity index (χ3n) is 0.678. The average Bonchev–Trinajstić information content (AvgIpc) is 1.61. The smallest absolute Gasteiger partial charge is 0.00384 e. The van der Waals surface area contributed by atoms with Crippen molar-refractivity contribution in [1.29, 1.82) is 0 Å². The van der Waals surface area contributed by atoms with Crippen LogP contribution in [-0.2, 0) is 0 Å². The Morgan fingerprint density at radius 1 is 1.43 bits per heavy atom. The minimum absolute atomic E-state index is 0.144. The van der Waals surface area contributed by atoms with Crippen LogP contribution in [0.3, 0.4) is 0 Å². The van der Waals surface area contributed by atoms with Gasteiger partial charge in [0.1, 0.15) is 0 Å². The lowest BCUT2D eigenvalue weighted by atomic mass is 10.5. The van der Waals surface area contributed by atoms with Crippen molar-refractivity contribution in [2.45, 2.75) is 13.3 Å². The predicted molar refractivity (Wildman–Crippen MR) is 39.1 cm³/mol. The fraction of sp³-hybridized carbons (Fsp3) is 1.00. The van der Waals surface area contributed by atoms with Crippen molar-refractivity contribution in [2.75, 3.05) is 19.1 Å². The molecule has 46 valence electrons. The van der Waals surface area contributed by atoms with Crippen molar-refractivity contribution >= 4 is 11.1 Å². The Bertz CT molecular complexity index is 37.1. The third-order valence-corrected chi connectivity index (χ3v) is 1.53. The second-order valence-electron chi connectivity index (χ2n) is 1.80. The summed E-state index contributed by atoms with van der Waals surface area (Å²) in [4.78, 5) is 0. The monoisotopic (exact) mass is 121 g/mol. The van der Waals surface area contributed by atoms with Gasteiger partial charge in [0.15, 0.2) is 0 Å². The lowest BCUT2D eigenvalue weighted by Crippen LogP contribution is -2.08. The number of hydrogen-bond acceptors (Lipinski definition) is 1. The molecule has 0 spiro atoms. The normalized spacial score (nSPS) is 11.6. The van der Waals surface area contributed by atoms with E-state index in [0.717, 1.165) is 0 Å². The minimum Gasteiger partial charge on any atom is -0.284 e. The lowest BCUT2D eigenvalue weighted by Gasteiger charge is -2.08. The van der Waals surface area contributed by atoms with E-state index in [1.807, 2.05) is 0 Å². The maximum absolute atomic E-state index is 3.36. The van der Waals surface area contributed by atoms with Crippen LogP contribution >= 0.6 is 11.1 Å². The van der Waals surface area contributed by atoms with Gasteiger partial charge in [0.2, 0.25) is 0 Å². The Hall–Kier alpha value is 0.310. The molecular formula is C5H15NS. The number of rotatable bonds is 3. The number of nitrogens with one attached hydrogen (secondary N) is 1. The van der Waals surface area contributed by atoms with Gasteiger partial charge < -0.3 is 0 Å². The van der Waals surface area contributed by atoms with Gasteiger partial charge in [-0.3, -0.25) is 4.72 Å². The molecule has 1 N–H and O–H groups in total. The molecule has 0 aliphatic carbocycles. The summed E-state index contributed by atoms with van der Waals surface area (Å²) < 4.78 is 3.36. The Morgan fingerprint density at radius 3 is 2.14 bits per heavy atom. The maximum atomic E-state index is 3.36. The highest BCUT2D eigenvalue weighted by Crippen LogP contribution is 2.03. The quantitative estimate of drug-likeness (QED) is 0.534. The molecule has 0 bridgehead atoms. The molecule has 0 saturated heterocycles. The van der Waals surface area contributed by atoms with Gasteiger partial charge in [0.05, 0.1) is 0 Å². The van der Waals surface area contributed by atoms with Gasteiger partial charge in [-0.25, -0.2) is 11.1 Å². The second kappa shape index (κ2) is 4.47. The predicted octanol–water partition coefficient (Wildman–Crippen LogP) is 1.16. The largest absolute Gasteiger partial charge is 0.284 e. The summed E-state index contributed by atoms with van der Waals surface area (Å²) in [5.74, 6) is 0. The van der Waals surface area contributed by atoms with Crippen LogP contribution in [0.5, 0.6) is 0 Å². The van der Waals surface area contributed by atoms with E-state index in [1.165, 1.54) is 13.0 Å². The van der Waals surface area contributed by atoms with E-state index in [2.05, 4.69) is 24.2 Å². The van der Waals surface area contributed by atoms with Crippen molar-refractivity contribution in [3.63, 3.8) is 0 Å². The van der Waals surface area contributed by atoms with Crippen molar-refractivity contribution in [1.82, 2.24) is 4.72 Å². The van der Waals surface area contributed by atoms with Crippen LogP contribution in [0.15, 0.2) is 0 Å². The van der Waals surface area contributed by atoms with E-state index in [4.69, 9.17) is 0 Å². The minimum atomic E-state index is 0.144. The van der Waals surface area contributed by atoms with Gasteiger partial charge in [0, 0.05) is 6.54 Å². The Labute approximate surface area is 49.0 Å². The molecule has 0 saturated carbocycles. The Balaban J connectivity index is 2.68. The molecule has 7 heavy (non-hydrogen) atoms. The second-order valence-corrected chi connectivity index (χ2v) is 3.91. The average molecular weight is 121 g/mol. The van der Waals surface area contributed by atoms with E-state index >= 15 is 0 Å². The molecule has 0 heterocycles. The number of thiol groups is 1. The van der Waals surface area contributed by atoms with E-state index < -0.39 is 0 Å². The summed E-state index contributed by atoms with van der Waals surface area (Å²) in [5, 5.41) is 0. The van der Waals surface area contributed by atoms with Gasteiger partial charge in [-0.15, -0.1) is 0 Å². The molecule has 0 unspecified atom stereocenters. The first kappa shape index (κ1) is 7.31. The van der Waals surface area contributed by atoms with Crippen molar-refractivity contribution in [2.24, 2.45) is 0 Å². The summed E-state index contributed by atoms with van der Waals surface area (Å²) in [6.07, 6.45) is 5.70. The summed E-state index contributed by atoms with van der Waals surface area (Å²) in [5.41, 5.74) is 0. The van der Waals surface area contributed by atoms with Crippen LogP contribution in [0.2, 0.25) is 0 Å². The van der Waals surface area contributed by atoms with E-state index in [9.17, 15) is 0 Å². The van der Waals surface area contributed by atoms with Crippen LogP contribution < -0.4 is 4.72 Å². The molecule has 0 radical (unpaired) electrons. The van der Waals surface area contributed by atoms with Crippen LogP contribution in [0.25, 0.3) is 0 Å². The first-order valence-corrected chi connectivity index (χ1v) is 4.91. The van der Waals surface area contributed by atoms with Crippen LogP contribution in [0, 0.1) is 0 Å². The zero-order valence-corrected chi connectivity index (χ0v) is 6.26. The molecule has 0 aromatic carbocycles. The van der Waals surface area contributed by atoms with Gasteiger partial charge in [-0.2, -0.15) is 0 Å². The zero-order chi connectivity index (χ0) is 5.70. The SMILES string of the molecule is CCCN[SH](C)C. The Kier molecular flexibility index (Phi) is 4.67. The maximum Gasteiger partial charge on any atom is 0.00384 e. The van der Waals surface area contributed by atoms with Crippen LogP contribution in [0.1, 0.15) is 13.3 Å².